The Labute approximate surface area is 191 Å². The molecule has 11 heteroatoms. The highest BCUT2D eigenvalue weighted by Crippen LogP contribution is 2.35. The van der Waals surface area contributed by atoms with E-state index in [9.17, 15) is 27.6 Å². The van der Waals surface area contributed by atoms with Crippen molar-refractivity contribution in [3.05, 3.63) is 64.7 Å². The number of halogens is 3. The number of hydrogen-bond acceptors (Lipinski definition) is 5. The standard InChI is InChI=1S/C22H15F3N4O3S/c23-22(24,25)17-10-14(7-6-13(17)11-26)29-18(30)12-27(21(29)33)8-3-9-28-19(31)15-4-1-2-5-16(15)20(28)32/h1-2,4-7,10H,3,8-9,12H2. The van der Waals surface area contributed by atoms with E-state index < -0.39 is 35.0 Å². The summed E-state index contributed by atoms with van der Waals surface area (Å²) in [6, 6.07) is 11.0. The van der Waals surface area contributed by atoms with Gasteiger partial charge in [-0.05, 0) is 49.0 Å². The van der Waals surface area contributed by atoms with Crippen molar-refractivity contribution in [1.82, 2.24) is 9.80 Å². The first-order valence-corrected chi connectivity index (χ1v) is 10.2. The third-order valence-electron chi connectivity index (χ3n) is 5.41. The number of fused-ring (bicyclic) bond motifs is 1. The van der Waals surface area contributed by atoms with Crippen LogP contribution < -0.4 is 4.90 Å². The van der Waals surface area contributed by atoms with E-state index in [1.165, 1.54) is 17.0 Å². The number of thiocarbonyl (C=S) groups is 1. The predicted octanol–water partition coefficient (Wildman–Crippen LogP) is 3.20. The molecule has 4 rings (SSSR count). The van der Waals surface area contributed by atoms with Crippen LogP contribution in [0.2, 0.25) is 0 Å². The summed E-state index contributed by atoms with van der Waals surface area (Å²) in [5, 5.41) is 8.96. The van der Waals surface area contributed by atoms with E-state index in [0.29, 0.717) is 17.5 Å². The first kappa shape index (κ1) is 22.4. The molecule has 1 saturated heterocycles. The third-order valence-corrected chi connectivity index (χ3v) is 5.85. The van der Waals surface area contributed by atoms with Gasteiger partial charge in [0.05, 0.1) is 40.6 Å². The van der Waals surface area contributed by atoms with Crippen LogP contribution in [0, 0.1) is 11.3 Å². The van der Waals surface area contributed by atoms with Crippen molar-refractivity contribution >= 4 is 40.7 Å². The molecule has 1 fully saturated rings. The minimum Gasteiger partial charge on any atom is -0.339 e. The Kier molecular flexibility index (Phi) is 5.63. The van der Waals surface area contributed by atoms with E-state index in [0.717, 1.165) is 21.9 Å². The molecule has 2 heterocycles. The Morgan fingerprint density at radius 2 is 1.64 bits per heavy atom. The molecule has 0 saturated carbocycles. The van der Waals surface area contributed by atoms with Gasteiger partial charge in [0.25, 0.3) is 17.7 Å². The Hall–Kier alpha value is -3.78. The number of imide groups is 1. The lowest BCUT2D eigenvalue weighted by Crippen LogP contribution is -2.36. The summed E-state index contributed by atoms with van der Waals surface area (Å²) in [5.41, 5.74) is -1.12. The van der Waals surface area contributed by atoms with Gasteiger partial charge < -0.3 is 4.90 Å². The van der Waals surface area contributed by atoms with E-state index in [1.807, 2.05) is 0 Å². The molecule has 0 unspecified atom stereocenters. The lowest BCUT2D eigenvalue weighted by Gasteiger charge is -2.22. The zero-order chi connectivity index (χ0) is 23.9. The maximum atomic E-state index is 13.3. The fourth-order valence-corrected chi connectivity index (χ4v) is 4.21. The van der Waals surface area contributed by atoms with Crippen molar-refractivity contribution in [2.45, 2.75) is 12.6 Å². The van der Waals surface area contributed by atoms with Gasteiger partial charge in [-0.1, -0.05) is 12.1 Å². The smallest absolute Gasteiger partial charge is 0.339 e. The summed E-state index contributed by atoms with van der Waals surface area (Å²) in [4.78, 5) is 41.0. The quantitative estimate of drug-likeness (QED) is 0.491. The van der Waals surface area contributed by atoms with Crippen molar-refractivity contribution < 1.29 is 27.6 Å². The Morgan fingerprint density at radius 1 is 1.00 bits per heavy atom. The second-order valence-electron chi connectivity index (χ2n) is 7.43. The molecule has 33 heavy (non-hydrogen) atoms. The van der Waals surface area contributed by atoms with Gasteiger partial charge in [-0.15, -0.1) is 0 Å². The molecule has 0 aromatic heterocycles. The summed E-state index contributed by atoms with van der Waals surface area (Å²) < 4.78 is 39.9. The van der Waals surface area contributed by atoms with Crippen LogP contribution in [-0.2, 0) is 11.0 Å². The predicted molar refractivity (Wildman–Crippen MR) is 114 cm³/mol. The lowest BCUT2D eigenvalue weighted by molar-refractivity contribution is -0.137. The van der Waals surface area contributed by atoms with E-state index in [-0.39, 0.29) is 30.4 Å². The number of hydrogen-bond donors (Lipinski definition) is 0. The number of alkyl halides is 3. The number of nitriles is 1. The van der Waals surface area contributed by atoms with Crippen molar-refractivity contribution in [3.8, 4) is 6.07 Å². The first-order valence-electron chi connectivity index (χ1n) is 9.82. The molecule has 2 aliphatic rings. The van der Waals surface area contributed by atoms with Crippen molar-refractivity contribution in [2.24, 2.45) is 0 Å². The molecule has 0 radical (unpaired) electrons. The van der Waals surface area contributed by atoms with Crippen LogP contribution in [-0.4, -0.2) is 52.3 Å². The normalized spacial score (nSPS) is 16.0. The fourth-order valence-electron chi connectivity index (χ4n) is 3.84. The Morgan fingerprint density at radius 3 is 2.21 bits per heavy atom. The van der Waals surface area contributed by atoms with Crippen LogP contribution in [0.3, 0.4) is 0 Å². The average Bonchev–Trinajstić information content (AvgIpc) is 3.20. The highest BCUT2D eigenvalue weighted by Gasteiger charge is 2.39. The van der Waals surface area contributed by atoms with Gasteiger partial charge in [0.1, 0.15) is 0 Å². The summed E-state index contributed by atoms with van der Waals surface area (Å²) in [7, 11) is 0. The number of nitrogens with zero attached hydrogens (tertiary/aromatic N) is 4. The van der Waals surface area contributed by atoms with E-state index >= 15 is 0 Å². The zero-order valence-electron chi connectivity index (χ0n) is 16.9. The van der Waals surface area contributed by atoms with Crippen LogP contribution in [0.1, 0.15) is 38.3 Å². The summed E-state index contributed by atoms with van der Waals surface area (Å²) in [6.45, 7) is 0.175. The van der Waals surface area contributed by atoms with E-state index in [1.54, 1.807) is 24.3 Å². The number of amides is 3. The van der Waals surface area contributed by atoms with Crippen LogP contribution in [0.4, 0.5) is 18.9 Å². The number of carbonyl (C=O) groups is 3. The van der Waals surface area contributed by atoms with E-state index in [4.69, 9.17) is 17.5 Å². The van der Waals surface area contributed by atoms with Crippen LogP contribution in [0.5, 0.6) is 0 Å². The second kappa shape index (κ2) is 8.29. The van der Waals surface area contributed by atoms with Crippen molar-refractivity contribution in [2.75, 3.05) is 24.5 Å². The third kappa shape index (κ3) is 3.93. The molecular weight excluding hydrogens is 457 g/mol. The molecule has 3 amide bonds. The summed E-state index contributed by atoms with van der Waals surface area (Å²) in [5.74, 6) is -1.30. The second-order valence-corrected chi connectivity index (χ2v) is 7.80. The van der Waals surface area contributed by atoms with Crippen molar-refractivity contribution in [3.63, 3.8) is 0 Å². The lowest BCUT2D eigenvalue weighted by atomic mass is 10.1. The first-order chi connectivity index (χ1) is 15.6. The fraction of sp³-hybridized carbons (Fsp3) is 0.227. The molecule has 0 N–H and O–H groups in total. The molecule has 0 atom stereocenters. The molecule has 2 aromatic rings. The van der Waals surface area contributed by atoms with Crippen LogP contribution >= 0.6 is 12.2 Å². The molecule has 0 spiro atoms. The number of rotatable bonds is 5. The van der Waals surface area contributed by atoms with Crippen LogP contribution in [0.15, 0.2) is 42.5 Å². The van der Waals surface area contributed by atoms with Gasteiger partial charge in [-0.3, -0.25) is 24.2 Å². The SMILES string of the molecule is N#Cc1ccc(N2C(=O)CN(CCCN3C(=O)c4ccccc4C3=O)C2=S)cc1C(F)(F)F. The highest BCUT2D eigenvalue weighted by atomic mass is 32.1. The average molecular weight is 472 g/mol. The van der Waals surface area contributed by atoms with Crippen LogP contribution in [0.25, 0.3) is 0 Å². The van der Waals surface area contributed by atoms with Gasteiger partial charge >= 0.3 is 6.18 Å². The summed E-state index contributed by atoms with van der Waals surface area (Å²) in [6.07, 6.45) is -4.45. The molecular formula is C22H15F3N4O3S. The maximum Gasteiger partial charge on any atom is 0.417 e. The minimum absolute atomic E-state index is 0.0141. The zero-order valence-corrected chi connectivity index (χ0v) is 17.7. The Bertz CT molecular complexity index is 1200. The van der Waals surface area contributed by atoms with Gasteiger partial charge in [0.15, 0.2) is 5.11 Å². The number of anilines is 1. The molecule has 0 bridgehead atoms. The Balaban J connectivity index is 1.44. The molecule has 0 aliphatic carbocycles. The van der Waals surface area contributed by atoms with Crippen molar-refractivity contribution in [1.29, 1.82) is 5.26 Å². The van der Waals surface area contributed by atoms with Gasteiger partial charge in [-0.25, -0.2) is 0 Å². The van der Waals surface area contributed by atoms with Gasteiger partial charge in [-0.2, -0.15) is 18.4 Å². The molecule has 7 nitrogen and oxygen atoms in total. The minimum atomic E-state index is -4.77. The van der Waals surface area contributed by atoms with Gasteiger partial charge in [0, 0.05) is 13.1 Å². The van der Waals surface area contributed by atoms with Gasteiger partial charge in [0.2, 0.25) is 0 Å². The largest absolute Gasteiger partial charge is 0.417 e. The van der Waals surface area contributed by atoms with E-state index in [2.05, 4.69) is 0 Å². The summed E-state index contributed by atoms with van der Waals surface area (Å²) >= 11 is 5.31. The molecule has 2 aromatic carbocycles. The topological polar surface area (TPSA) is 84.7 Å². The molecule has 168 valence electrons. The number of carbonyl (C=O) groups excluding carboxylic acids is 3. The molecule has 2 aliphatic heterocycles. The maximum absolute atomic E-state index is 13.3. The monoisotopic (exact) mass is 472 g/mol. The number of benzene rings is 2. The highest BCUT2D eigenvalue weighted by molar-refractivity contribution is 7.80.